The third-order valence-corrected chi connectivity index (χ3v) is 6.24. The fourth-order valence-corrected chi connectivity index (χ4v) is 4.04. The first-order valence-corrected chi connectivity index (χ1v) is 10.9. The van der Waals surface area contributed by atoms with E-state index in [4.69, 9.17) is 23.2 Å². The highest BCUT2D eigenvalue weighted by atomic mass is 35.5. The van der Waals surface area contributed by atoms with Crippen LogP contribution in [0.25, 0.3) is 5.69 Å². The molecule has 0 aliphatic carbocycles. The monoisotopic (exact) mass is 514 g/mol. The first-order chi connectivity index (χ1) is 14.6. The molecular weight excluding hydrogens is 490 g/mol. The van der Waals surface area contributed by atoms with Gasteiger partial charge in [0.05, 0.1) is 0 Å². The van der Waals surface area contributed by atoms with E-state index in [0.29, 0.717) is 17.1 Å². The summed E-state index contributed by atoms with van der Waals surface area (Å²) in [6.07, 6.45) is 2.09. The van der Waals surface area contributed by atoms with Crippen molar-refractivity contribution >= 4 is 53.8 Å². The molecule has 1 aromatic heterocycles. The predicted molar refractivity (Wildman–Crippen MR) is 135 cm³/mol. The Hall–Kier alpha value is -1.60. The van der Waals surface area contributed by atoms with E-state index in [1.54, 1.807) is 10.9 Å². The normalized spacial score (nSPS) is 14.4. The Morgan fingerprint density at radius 1 is 0.875 bits per heavy atom. The van der Waals surface area contributed by atoms with E-state index in [-0.39, 0.29) is 35.8 Å². The molecule has 0 amide bonds. The molecule has 0 radical (unpaired) electrons. The number of imidazole rings is 1. The van der Waals surface area contributed by atoms with Crippen LogP contribution in [0.4, 0.5) is 0 Å². The van der Waals surface area contributed by atoms with Gasteiger partial charge in [-0.3, -0.25) is 14.3 Å². The molecular formula is C23H26Cl4N4O. The number of aromatic nitrogens is 2. The molecule has 0 spiro atoms. The smallest absolute Gasteiger partial charge is 0.166 e. The van der Waals surface area contributed by atoms with Crippen molar-refractivity contribution in [3.8, 4) is 5.69 Å². The topological polar surface area (TPSA) is 41.4 Å². The van der Waals surface area contributed by atoms with Gasteiger partial charge < -0.3 is 4.90 Å². The lowest BCUT2D eigenvalue weighted by Crippen LogP contribution is -2.46. The molecule has 4 rings (SSSR count). The van der Waals surface area contributed by atoms with Gasteiger partial charge in [0.25, 0.3) is 0 Å². The maximum atomic E-state index is 12.6. The van der Waals surface area contributed by atoms with Gasteiger partial charge >= 0.3 is 0 Å². The molecule has 0 atom stereocenters. The molecule has 1 fully saturated rings. The summed E-state index contributed by atoms with van der Waals surface area (Å²) in [5.41, 5.74) is 2.89. The second-order valence-corrected chi connectivity index (χ2v) is 8.24. The van der Waals surface area contributed by atoms with Crippen LogP contribution in [0, 0.1) is 0 Å². The minimum absolute atomic E-state index is 0. The molecule has 9 heteroatoms. The van der Waals surface area contributed by atoms with Crippen LogP contribution in [0.1, 0.15) is 22.3 Å². The fourth-order valence-electron chi connectivity index (χ4n) is 3.72. The molecule has 0 saturated carbocycles. The number of nitrogens with zero attached hydrogens (tertiary/aromatic N) is 4. The zero-order valence-electron chi connectivity index (χ0n) is 17.5. The summed E-state index contributed by atoms with van der Waals surface area (Å²) in [5, 5.41) is 0.628. The number of piperazine rings is 1. The second-order valence-electron chi connectivity index (χ2n) is 7.52. The second kappa shape index (κ2) is 12.6. The summed E-state index contributed by atoms with van der Waals surface area (Å²) in [4.78, 5) is 21.4. The summed E-state index contributed by atoms with van der Waals surface area (Å²) in [7, 11) is 0. The highest BCUT2D eigenvalue weighted by Gasteiger charge is 2.18. The largest absolute Gasteiger partial charge is 0.300 e. The predicted octanol–water partition coefficient (Wildman–Crippen LogP) is 5.41. The van der Waals surface area contributed by atoms with Crippen LogP contribution >= 0.6 is 48.0 Å². The summed E-state index contributed by atoms with van der Waals surface area (Å²) in [5.74, 6) is 0.156. The third kappa shape index (κ3) is 6.70. The molecule has 1 aliphatic heterocycles. The van der Waals surface area contributed by atoms with Crippen LogP contribution in [-0.4, -0.2) is 57.9 Å². The van der Waals surface area contributed by atoms with E-state index in [9.17, 15) is 4.79 Å². The highest BCUT2D eigenvalue weighted by molar-refractivity contribution is 6.40. The average molecular weight is 516 g/mol. The first-order valence-electron chi connectivity index (χ1n) is 10.1. The zero-order valence-corrected chi connectivity index (χ0v) is 20.6. The molecule has 32 heavy (non-hydrogen) atoms. The van der Waals surface area contributed by atoms with Crippen molar-refractivity contribution in [1.82, 2.24) is 19.4 Å². The third-order valence-electron chi connectivity index (χ3n) is 5.50. The van der Waals surface area contributed by atoms with Crippen molar-refractivity contribution in [2.75, 3.05) is 32.7 Å². The lowest BCUT2D eigenvalue weighted by molar-refractivity contribution is 0.0922. The van der Waals surface area contributed by atoms with Crippen molar-refractivity contribution in [3.63, 3.8) is 0 Å². The van der Waals surface area contributed by atoms with Crippen LogP contribution in [0.15, 0.2) is 60.9 Å². The van der Waals surface area contributed by atoms with Crippen molar-refractivity contribution in [2.24, 2.45) is 0 Å². The quantitative estimate of drug-likeness (QED) is 0.394. The van der Waals surface area contributed by atoms with Crippen LogP contribution < -0.4 is 0 Å². The number of carbonyl (C=O) groups is 1. The standard InChI is InChI=1S/C23H24Cl2N4O.2ClH/c24-22-23(25)29(17-26-22)20-8-6-19(7-9-20)21(30)10-11-27-12-14-28(15-13-27)16-18-4-2-1-3-5-18;;/h1-9,17H,10-16H2;2*1H. The summed E-state index contributed by atoms with van der Waals surface area (Å²) >= 11 is 12.0. The molecule has 2 aromatic carbocycles. The van der Waals surface area contributed by atoms with Gasteiger partial charge in [-0.25, -0.2) is 4.98 Å². The number of Topliss-reactive ketones (excluding diaryl/α,β-unsaturated/α-hetero) is 1. The molecule has 0 N–H and O–H groups in total. The summed E-state index contributed by atoms with van der Waals surface area (Å²) in [6.45, 7) is 5.85. The van der Waals surface area contributed by atoms with E-state index in [1.807, 2.05) is 24.3 Å². The first kappa shape index (κ1) is 26.7. The van der Waals surface area contributed by atoms with E-state index < -0.39 is 0 Å². The van der Waals surface area contributed by atoms with Gasteiger partial charge in [-0.2, -0.15) is 0 Å². The Kier molecular flexibility index (Phi) is 10.5. The van der Waals surface area contributed by atoms with Crippen LogP contribution in [0.2, 0.25) is 10.3 Å². The number of rotatable bonds is 7. The van der Waals surface area contributed by atoms with Gasteiger partial charge in [0, 0.05) is 56.9 Å². The van der Waals surface area contributed by atoms with Gasteiger partial charge in [-0.1, -0.05) is 53.5 Å². The molecule has 3 aromatic rings. The molecule has 0 bridgehead atoms. The number of hydrogen-bond donors (Lipinski definition) is 0. The lowest BCUT2D eigenvalue weighted by atomic mass is 10.1. The fraction of sp³-hybridized carbons (Fsp3) is 0.304. The lowest BCUT2D eigenvalue weighted by Gasteiger charge is -2.34. The van der Waals surface area contributed by atoms with Crippen molar-refractivity contribution in [1.29, 1.82) is 0 Å². The molecule has 2 heterocycles. The number of ketones is 1. The number of halogens is 4. The van der Waals surface area contributed by atoms with E-state index >= 15 is 0 Å². The summed E-state index contributed by atoms with van der Waals surface area (Å²) in [6, 6.07) is 18.0. The maximum Gasteiger partial charge on any atom is 0.166 e. The molecule has 1 saturated heterocycles. The Morgan fingerprint density at radius 3 is 2.09 bits per heavy atom. The Bertz CT molecular complexity index is 987. The minimum Gasteiger partial charge on any atom is -0.300 e. The Balaban J connectivity index is 0.00000181. The summed E-state index contributed by atoms with van der Waals surface area (Å²) < 4.78 is 1.69. The Labute approximate surface area is 211 Å². The van der Waals surface area contributed by atoms with Crippen LogP contribution in [0.5, 0.6) is 0 Å². The molecule has 0 unspecified atom stereocenters. The van der Waals surface area contributed by atoms with Gasteiger partial charge in [0.2, 0.25) is 0 Å². The highest BCUT2D eigenvalue weighted by Crippen LogP contribution is 2.24. The zero-order chi connectivity index (χ0) is 20.9. The molecule has 172 valence electrons. The van der Waals surface area contributed by atoms with E-state index in [0.717, 1.165) is 45.0 Å². The van der Waals surface area contributed by atoms with Gasteiger partial charge in [0.15, 0.2) is 16.1 Å². The average Bonchev–Trinajstić information content (AvgIpc) is 3.12. The molecule has 5 nitrogen and oxygen atoms in total. The SMILES string of the molecule is Cl.Cl.O=C(CCN1CCN(Cc2ccccc2)CC1)c1ccc(-n2cnc(Cl)c2Cl)cc1. The number of carbonyl (C=O) groups excluding carboxylic acids is 1. The number of hydrogen-bond acceptors (Lipinski definition) is 4. The van der Waals surface area contributed by atoms with Gasteiger partial charge in [-0.15, -0.1) is 24.8 Å². The van der Waals surface area contributed by atoms with E-state index in [1.165, 1.54) is 5.56 Å². The number of benzene rings is 2. The van der Waals surface area contributed by atoms with E-state index in [2.05, 4.69) is 45.1 Å². The molecule has 1 aliphatic rings. The van der Waals surface area contributed by atoms with Crippen LogP contribution in [0.3, 0.4) is 0 Å². The van der Waals surface area contributed by atoms with Crippen molar-refractivity contribution in [3.05, 3.63) is 82.4 Å². The minimum atomic E-state index is 0. The van der Waals surface area contributed by atoms with Crippen molar-refractivity contribution < 1.29 is 4.79 Å². The van der Waals surface area contributed by atoms with Gasteiger partial charge in [-0.05, 0) is 29.8 Å². The van der Waals surface area contributed by atoms with Gasteiger partial charge in [0.1, 0.15) is 6.33 Å². The maximum absolute atomic E-state index is 12.6. The van der Waals surface area contributed by atoms with Crippen LogP contribution in [-0.2, 0) is 6.54 Å². The Morgan fingerprint density at radius 2 is 1.50 bits per heavy atom. The van der Waals surface area contributed by atoms with Crippen molar-refractivity contribution in [2.45, 2.75) is 13.0 Å².